The first-order valence-corrected chi connectivity index (χ1v) is 7.43. The summed E-state index contributed by atoms with van der Waals surface area (Å²) in [7, 11) is 0. The normalized spacial score (nSPS) is 19.4. The molecule has 22 heavy (non-hydrogen) atoms. The van der Waals surface area contributed by atoms with Crippen LogP contribution < -0.4 is 10.1 Å². The van der Waals surface area contributed by atoms with E-state index in [9.17, 15) is 4.79 Å². The zero-order chi connectivity index (χ0) is 16.2. The Balaban J connectivity index is 2.19. The number of nitrogens with zero attached hydrogens (tertiary/aromatic N) is 1. The topological polar surface area (TPSA) is 61.8 Å². The third kappa shape index (κ3) is 3.24. The third-order valence-corrected chi connectivity index (χ3v) is 4.17. The highest BCUT2D eigenvalue weighted by atomic mass is 16.6. The van der Waals surface area contributed by atoms with E-state index < -0.39 is 6.09 Å². The predicted molar refractivity (Wildman–Crippen MR) is 84.4 cm³/mol. The van der Waals surface area contributed by atoms with E-state index in [1.165, 1.54) is 10.5 Å². The largest absolute Gasteiger partial charge is 0.417 e. The molecule has 1 amide bonds. The lowest BCUT2D eigenvalue weighted by Gasteiger charge is -2.26. The van der Waals surface area contributed by atoms with Gasteiger partial charge in [-0.15, -0.1) is 6.42 Å². The van der Waals surface area contributed by atoms with Gasteiger partial charge in [-0.05, 0) is 49.9 Å². The summed E-state index contributed by atoms with van der Waals surface area (Å²) < 4.78 is 5.34. The van der Waals surface area contributed by atoms with Crippen LogP contribution in [-0.4, -0.2) is 35.9 Å². The van der Waals surface area contributed by atoms with Gasteiger partial charge in [0.2, 0.25) is 0 Å². The van der Waals surface area contributed by atoms with E-state index in [4.69, 9.17) is 16.3 Å². The summed E-state index contributed by atoms with van der Waals surface area (Å²) in [6.45, 7) is 4.41. The molecule has 0 spiro atoms. The highest BCUT2D eigenvalue weighted by molar-refractivity contribution is 5.70. The number of amides is 1. The van der Waals surface area contributed by atoms with Gasteiger partial charge in [0, 0.05) is 12.1 Å². The number of carbonyl (C=O) groups is 1. The molecule has 0 heterocycles. The van der Waals surface area contributed by atoms with E-state index in [-0.39, 0.29) is 12.3 Å². The Labute approximate surface area is 131 Å². The number of aryl methyl sites for hydroxylation is 1. The fraction of sp³-hybridized carbons (Fsp3) is 0.471. The predicted octanol–water partition coefficient (Wildman–Crippen LogP) is 1.84. The molecule has 2 rings (SSSR count). The smallest absolute Gasteiger partial charge is 0.410 e. The molecule has 1 atom stereocenters. The number of benzene rings is 1. The molecular formula is C17H22N2O3. The van der Waals surface area contributed by atoms with E-state index >= 15 is 0 Å². The van der Waals surface area contributed by atoms with Crippen LogP contribution in [0.1, 0.15) is 31.4 Å². The Bertz CT molecular complexity index is 590. The first-order chi connectivity index (χ1) is 10.5. The molecule has 0 bridgehead atoms. The first kappa shape index (κ1) is 16.3. The number of nitrogens with one attached hydrogen (secondary N) is 1. The van der Waals surface area contributed by atoms with Crippen LogP contribution in [0.3, 0.4) is 0 Å². The summed E-state index contributed by atoms with van der Waals surface area (Å²) in [5, 5.41) is 12.5. The van der Waals surface area contributed by atoms with Crippen molar-refractivity contribution in [2.24, 2.45) is 0 Å². The van der Waals surface area contributed by atoms with Gasteiger partial charge in [0.25, 0.3) is 0 Å². The van der Waals surface area contributed by atoms with Crippen LogP contribution in [0.25, 0.3) is 0 Å². The minimum atomic E-state index is -0.554. The number of hydrogen-bond acceptors (Lipinski definition) is 4. The van der Waals surface area contributed by atoms with Crippen LogP contribution >= 0.6 is 0 Å². The second-order valence-corrected chi connectivity index (χ2v) is 5.57. The van der Waals surface area contributed by atoms with E-state index in [1.54, 1.807) is 13.0 Å². The maximum absolute atomic E-state index is 11.9. The van der Waals surface area contributed by atoms with Gasteiger partial charge in [-0.25, -0.2) is 4.79 Å². The van der Waals surface area contributed by atoms with Crippen LogP contribution in [0.5, 0.6) is 5.75 Å². The molecule has 118 valence electrons. The lowest BCUT2D eigenvalue weighted by atomic mass is 9.94. The number of aliphatic hydroxyl groups is 1. The second-order valence-electron chi connectivity index (χ2n) is 5.57. The van der Waals surface area contributed by atoms with E-state index in [0.717, 1.165) is 18.4 Å². The molecule has 0 saturated heterocycles. The van der Waals surface area contributed by atoms with Crippen LogP contribution in [0.4, 0.5) is 4.79 Å². The molecule has 1 aliphatic carbocycles. The van der Waals surface area contributed by atoms with Crippen molar-refractivity contribution < 1.29 is 14.6 Å². The molecule has 0 saturated carbocycles. The fourth-order valence-electron chi connectivity index (χ4n) is 2.75. The molecule has 5 heteroatoms. The Hall–Kier alpha value is -2.03. The van der Waals surface area contributed by atoms with Crippen molar-refractivity contribution in [3.05, 3.63) is 29.3 Å². The van der Waals surface area contributed by atoms with Crippen molar-refractivity contribution >= 4 is 6.09 Å². The SMILES string of the molecule is C#CCNC1(C)CCc2ccc(OC(=O)N(CC)CO)cc21. The first-order valence-electron chi connectivity index (χ1n) is 7.43. The summed E-state index contributed by atoms with van der Waals surface area (Å²) in [5.74, 6) is 3.07. The highest BCUT2D eigenvalue weighted by Gasteiger charge is 2.34. The van der Waals surface area contributed by atoms with Crippen molar-refractivity contribution in [2.45, 2.75) is 32.2 Å². The number of carbonyl (C=O) groups excluding carboxylic acids is 1. The third-order valence-electron chi connectivity index (χ3n) is 4.17. The molecular weight excluding hydrogens is 280 g/mol. The average Bonchev–Trinajstić information content (AvgIpc) is 2.84. The van der Waals surface area contributed by atoms with Crippen molar-refractivity contribution in [3.63, 3.8) is 0 Å². The lowest BCUT2D eigenvalue weighted by molar-refractivity contribution is 0.0972. The Morgan fingerprint density at radius 1 is 1.59 bits per heavy atom. The van der Waals surface area contributed by atoms with Crippen molar-refractivity contribution in [1.82, 2.24) is 10.2 Å². The van der Waals surface area contributed by atoms with Crippen molar-refractivity contribution in [1.29, 1.82) is 0 Å². The molecule has 0 fully saturated rings. The average molecular weight is 302 g/mol. The quantitative estimate of drug-likeness (QED) is 0.643. The number of terminal acetylenes is 1. The van der Waals surface area contributed by atoms with Gasteiger partial charge in [-0.1, -0.05) is 12.0 Å². The summed E-state index contributed by atoms with van der Waals surface area (Å²) in [5.41, 5.74) is 2.15. The molecule has 1 aromatic rings. The van der Waals surface area contributed by atoms with Gasteiger partial charge in [0.15, 0.2) is 0 Å². The van der Waals surface area contributed by atoms with E-state index in [1.807, 2.05) is 12.1 Å². The molecule has 2 N–H and O–H groups in total. The van der Waals surface area contributed by atoms with Gasteiger partial charge in [-0.3, -0.25) is 10.2 Å². The summed E-state index contributed by atoms with van der Waals surface area (Å²) in [4.78, 5) is 13.1. The second kappa shape index (κ2) is 6.82. The molecule has 1 unspecified atom stereocenters. The summed E-state index contributed by atoms with van der Waals surface area (Å²) in [6.07, 6.45) is 6.70. The van der Waals surface area contributed by atoms with Crippen LogP contribution in [0.15, 0.2) is 18.2 Å². The molecule has 1 aliphatic rings. The van der Waals surface area contributed by atoms with Crippen LogP contribution in [0, 0.1) is 12.3 Å². The molecule has 0 aliphatic heterocycles. The number of rotatable bonds is 5. The monoisotopic (exact) mass is 302 g/mol. The Morgan fingerprint density at radius 2 is 2.36 bits per heavy atom. The van der Waals surface area contributed by atoms with Gasteiger partial charge >= 0.3 is 6.09 Å². The fourth-order valence-corrected chi connectivity index (χ4v) is 2.75. The van der Waals surface area contributed by atoms with Crippen LogP contribution in [-0.2, 0) is 12.0 Å². The van der Waals surface area contributed by atoms with Crippen LogP contribution in [0.2, 0.25) is 0 Å². The van der Waals surface area contributed by atoms with Gasteiger partial charge in [-0.2, -0.15) is 0 Å². The van der Waals surface area contributed by atoms with Crippen molar-refractivity contribution in [2.75, 3.05) is 19.8 Å². The number of aliphatic hydroxyl groups excluding tert-OH is 1. The molecule has 5 nitrogen and oxygen atoms in total. The van der Waals surface area contributed by atoms with E-state index in [0.29, 0.717) is 18.8 Å². The van der Waals surface area contributed by atoms with Gasteiger partial charge in [0.05, 0.1) is 6.54 Å². The maximum atomic E-state index is 11.9. The number of fused-ring (bicyclic) bond motifs is 1. The van der Waals surface area contributed by atoms with Gasteiger partial charge in [0.1, 0.15) is 12.5 Å². The number of ether oxygens (including phenoxy) is 1. The zero-order valence-corrected chi connectivity index (χ0v) is 13.1. The van der Waals surface area contributed by atoms with E-state index in [2.05, 4.69) is 18.2 Å². The molecule has 1 aromatic carbocycles. The summed E-state index contributed by atoms with van der Waals surface area (Å²) >= 11 is 0. The lowest BCUT2D eigenvalue weighted by Crippen LogP contribution is -2.37. The highest BCUT2D eigenvalue weighted by Crippen LogP contribution is 2.38. The Kier molecular flexibility index (Phi) is 5.07. The molecule has 0 aromatic heterocycles. The number of hydrogen-bond donors (Lipinski definition) is 2. The zero-order valence-electron chi connectivity index (χ0n) is 13.1. The maximum Gasteiger partial charge on any atom is 0.417 e. The summed E-state index contributed by atoms with van der Waals surface area (Å²) in [6, 6.07) is 5.65. The Morgan fingerprint density at radius 3 is 3.00 bits per heavy atom. The van der Waals surface area contributed by atoms with Gasteiger partial charge < -0.3 is 9.84 Å². The minimum absolute atomic E-state index is 0.203. The molecule has 0 radical (unpaired) electrons. The van der Waals surface area contributed by atoms with Crippen molar-refractivity contribution in [3.8, 4) is 18.1 Å². The standard InChI is InChI=1S/C17H22N2O3/c1-4-10-18-17(3)9-8-13-6-7-14(11-15(13)17)22-16(21)19(5-2)12-20/h1,6-7,11,18,20H,5,8-10,12H2,2-3H3. The minimum Gasteiger partial charge on any atom is -0.410 e.